The molecule has 0 aliphatic carbocycles. The second-order valence-corrected chi connectivity index (χ2v) is 5.13. The smallest absolute Gasteiger partial charge is 0.119 e. The minimum atomic E-state index is 0.914. The molecule has 1 rings (SSSR count). The molecular weight excluding hydrogens is 234 g/mol. The van der Waals surface area contributed by atoms with Gasteiger partial charge in [0.15, 0.2) is 0 Å². The lowest BCUT2D eigenvalue weighted by molar-refractivity contribution is 0.415. The van der Waals surface area contributed by atoms with Gasteiger partial charge in [0.25, 0.3) is 0 Å². The molecule has 0 unspecified atom stereocenters. The molecule has 2 heteroatoms. The lowest BCUT2D eigenvalue weighted by Crippen LogP contribution is -2.01. The van der Waals surface area contributed by atoms with Crippen molar-refractivity contribution in [3.05, 3.63) is 24.3 Å². The Kier molecular flexibility index (Phi) is 8.95. The minimum absolute atomic E-state index is 0.914. The van der Waals surface area contributed by atoms with E-state index < -0.39 is 0 Å². The number of hydrogen-bond donors (Lipinski definition) is 1. The maximum Gasteiger partial charge on any atom is 0.119 e. The van der Waals surface area contributed by atoms with Crippen molar-refractivity contribution >= 4 is 5.69 Å². The number of ether oxygens (including phenoxy) is 1. The molecule has 1 aromatic carbocycles. The van der Waals surface area contributed by atoms with Crippen molar-refractivity contribution in [1.82, 2.24) is 0 Å². The molecule has 1 N–H and O–H groups in total. The summed E-state index contributed by atoms with van der Waals surface area (Å²) >= 11 is 0. The Bertz CT molecular complexity index is 308. The maximum atomic E-state index is 5.14. The minimum Gasteiger partial charge on any atom is -0.497 e. The quantitative estimate of drug-likeness (QED) is 0.551. The summed E-state index contributed by atoms with van der Waals surface area (Å²) in [6.07, 6.45) is 11.0. The van der Waals surface area contributed by atoms with Gasteiger partial charge < -0.3 is 10.1 Å². The molecule has 0 bridgehead atoms. The van der Waals surface area contributed by atoms with E-state index in [1.807, 2.05) is 12.1 Å². The molecule has 0 radical (unpaired) electrons. The van der Waals surface area contributed by atoms with Crippen molar-refractivity contribution in [2.75, 3.05) is 19.0 Å². The highest BCUT2D eigenvalue weighted by molar-refractivity contribution is 5.46. The fourth-order valence-electron chi connectivity index (χ4n) is 2.20. The number of methoxy groups -OCH3 is 1. The number of anilines is 1. The van der Waals surface area contributed by atoms with Gasteiger partial charge in [-0.2, -0.15) is 0 Å². The zero-order valence-electron chi connectivity index (χ0n) is 12.6. The largest absolute Gasteiger partial charge is 0.497 e. The fraction of sp³-hybridized carbons (Fsp3) is 0.647. The van der Waals surface area contributed by atoms with Crippen molar-refractivity contribution in [1.29, 1.82) is 0 Å². The maximum absolute atomic E-state index is 5.14. The number of nitrogens with one attached hydrogen (secondary N) is 1. The van der Waals surface area contributed by atoms with Crippen LogP contribution >= 0.6 is 0 Å². The third kappa shape index (κ3) is 7.76. The zero-order chi connectivity index (χ0) is 13.8. The Balaban J connectivity index is 1.95. The van der Waals surface area contributed by atoms with Gasteiger partial charge in [0.05, 0.1) is 7.11 Å². The highest BCUT2D eigenvalue weighted by Crippen LogP contribution is 2.15. The molecule has 0 heterocycles. The summed E-state index contributed by atoms with van der Waals surface area (Å²) in [6.45, 7) is 3.34. The molecule has 2 nitrogen and oxygen atoms in total. The van der Waals surface area contributed by atoms with Crippen LogP contribution in [0.1, 0.15) is 58.3 Å². The lowest BCUT2D eigenvalue weighted by atomic mass is 10.1. The SMILES string of the molecule is CCCCCCCCCCNc1ccc(OC)cc1. The molecule has 19 heavy (non-hydrogen) atoms. The average Bonchev–Trinajstić information content (AvgIpc) is 2.46. The predicted octanol–water partition coefficient (Wildman–Crippen LogP) is 5.25. The molecule has 0 saturated heterocycles. The number of unbranched alkanes of at least 4 members (excludes halogenated alkanes) is 7. The molecule has 108 valence electrons. The molecule has 0 spiro atoms. The van der Waals surface area contributed by atoms with Crippen molar-refractivity contribution in [2.24, 2.45) is 0 Å². The summed E-state index contributed by atoms with van der Waals surface area (Å²) in [7, 11) is 1.70. The zero-order valence-corrected chi connectivity index (χ0v) is 12.6. The first-order valence-electron chi connectivity index (χ1n) is 7.74. The van der Waals surface area contributed by atoms with Crippen molar-refractivity contribution in [3.63, 3.8) is 0 Å². The van der Waals surface area contributed by atoms with E-state index in [0.717, 1.165) is 12.3 Å². The Morgan fingerprint density at radius 2 is 1.42 bits per heavy atom. The van der Waals surface area contributed by atoms with Crippen LogP contribution in [-0.4, -0.2) is 13.7 Å². The molecule has 0 aliphatic rings. The van der Waals surface area contributed by atoms with Gasteiger partial charge >= 0.3 is 0 Å². The van der Waals surface area contributed by atoms with Crippen LogP contribution in [-0.2, 0) is 0 Å². The van der Waals surface area contributed by atoms with Crippen LogP contribution in [0.3, 0.4) is 0 Å². The van der Waals surface area contributed by atoms with E-state index in [1.165, 1.54) is 57.1 Å². The Labute approximate surface area is 118 Å². The molecular formula is C17H29NO. The van der Waals surface area contributed by atoms with E-state index in [1.54, 1.807) is 7.11 Å². The van der Waals surface area contributed by atoms with E-state index in [-0.39, 0.29) is 0 Å². The van der Waals surface area contributed by atoms with E-state index >= 15 is 0 Å². The summed E-state index contributed by atoms with van der Waals surface area (Å²) in [4.78, 5) is 0. The van der Waals surface area contributed by atoms with Crippen LogP contribution in [0.15, 0.2) is 24.3 Å². The molecule has 0 aliphatic heterocycles. The second-order valence-electron chi connectivity index (χ2n) is 5.13. The number of rotatable bonds is 11. The van der Waals surface area contributed by atoms with E-state index in [0.29, 0.717) is 0 Å². The molecule has 0 amide bonds. The molecule has 0 aromatic heterocycles. The lowest BCUT2D eigenvalue weighted by Gasteiger charge is -2.07. The summed E-state index contributed by atoms with van der Waals surface area (Å²) in [5, 5.41) is 3.45. The van der Waals surface area contributed by atoms with Gasteiger partial charge in [-0.1, -0.05) is 51.9 Å². The third-order valence-corrected chi connectivity index (χ3v) is 3.45. The molecule has 0 saturated carbocycles. The van der Waals surface area contributed by atoms with Crippen molar-refractivity contribution < 1.29 is 4.74 Å². The predicted molar refractivity (Wildman–Crippen MR) is 84.1 cm³/mol. The van der Waals surface area contributed by atoms with Gasteiger partial charge in [0, 0.05) is 12.2 Å². The van der Waals surface area contributed by atoms with Gasteiger partial charge in [0.1, 0.15) is 5.75 Å². The first-order chi connectivity index (χ1) is 9.36. The summed E-state index contributed by atoms with van der Waals surface area (Å²) in [6, 6.07) is 8.14. The van der Waals surface area contributed by atoms with Crippen molar-refractivity contribution in [2.45, 2.75) is 58.3 Å². The van der Waals surface area contributed by atoms with Crippen molar-refractivity contribution in [3.8, 4) is 5.75 Å². The highest BCUT2D eigenvalue weighted by Gasteiger charge is 1.94. The number of benzene rings is 1. The molecule has 1 aromatic rings. The Morgan fingerprint density at radius 3 is 2.00 bits per heavy atom. The highest BCUT2D eigenvalue weighted by atomic mass is 16.5. The van der Waals surface area contributed by atoms with Crippen LogP contribution in [0.25, 0.3) is 0 Å². The summed E-state index contributed by atoms with van der Waals surface area (Å²) in [5.74, 6) is 0.914. The Hall–Kier alpha value is -1.18. The average molecular weight is 263 g/mol. The van der Waals surface area contributed by atoms with Gasteiger partial charge in [0.2, 0.25) is 0 Å². The monoisotopic (exact) mass is 263 g/mol. The topological polar surface area (TPSA) is 21.3 Å². The summed E-state index contributed by atoms with van der Waals surface area (Å²) < 4.78 is 5.14. The van der Waals surface area contributed by atoms with Gasteiger partial charge in [-0.3, -0.25) is 0 Å². The summed E-state index contributed by atoms with van der Waals surface area (Å²) in [5.41, 5.74) is 1.18. The van der Waals surface area contributed by atoms with Gasteiger partial charge in [-0.25, -0.2) is 0 Å². The van der Waals surface area contributed by atoms with E-state index in [9.17, 15) is 0 Å². The Morgan fingerprint density at radius 1 is 0.842 bits per heavy atom. The van der Waals surface area contributed by atoms with Gasteiger partial charge in [-0.15, -0.1) is 0 Å². The van der Waals surface area contributed by atoms with Crippen LogP contribution in [0.2, 0.25) is 0 Å². The standard InChI is InChI=1S/C17H29NO/c1-3-4-5-6-7-8-9-10-15-18-16-11-13-17(19-2)14-12-16/h11-14,18H,3-10,15H2,1-2H3. The first-order valence-corrected chi connectivity index (χ1v) is 7.74. The van der Waals surface area contributed by atoms with Crippen LogP contribution in [0, 0.1) is 0 Å². The normalized spacial score (nSPS) is 10.4. The second kappa shape index (κ2) is 10.7. The van der Waals surface area contributed by atoms with Crippen LogP contribution < -0.4 is 10.1 Å². The number of hydrogen-bond acceptors (Lipinski definition) is 2. The fourth-order valence-corrected chi connectivity index (χ4v) is 2.20. The van der Waals surface area contributed by atoms with E-state index in [4.69, 9.17) is 4.74 Å². The third-order valence-electron chi connectivity index (χ3n) is 3.45. The molecule has 0 fully saturated rings. The first kappa shape index (κ1) is 15.9. The van der Waals surface area contributed by atoms with Gasteiger partial charge in [-0.05, 0) is 30.7 Å². The molecule has 0 atom stereocenters. The van der Waals surface area contributed by atoms with Crippen LogP contribution in [0.5, 0.6) is 5.75 Å². The van der Waals surface area contributed by atoms with E-state index in [2.05, 4.69) is 24.4 Å². The van der Waals surface area contributed by atoms with Crippen LogP contribution in [0.4, 0.5) is 5.69 Å².